The third-order valence-corrected chi connectivity index (χ3v) is 5.50. The highest BCUT2D eigenvalue weighted by atomic mass is 16.5. The minimum absolute atomic E-state index is 0.171. The summed E-state index contributed by atoms with van der Waals surface area (Å²) in [5.41, 5.74) is 2.72. The topological polar surface area (TPSA) is 96.1 Å². The van der Waals surface area contributed by atoms with E-state index < -0.39 is 0 Å². The third-order valence-electron chi connectivity index (χ3n) is 5.50. The summed E-state index contributed by atoms with van der Waals surface area (Å²) in [5.74, 6) is 0.850. The van der Waals surface area contributed by atoms with Gasteiger partial charge in [0, 0.05) is 45.2 Å². The van der Waals surface area contributed by atoms with Crippen LogP contribution in [0.25, 0.3) is 22.4 Å². The first kappa shape index (κ1) is 21.5. The lowest BCUT2D eigenvalue weighted by Crippen LogP contribution is -2.30. The summed E-state index contributed by atoms with van der Waals surface area (Å²) >= 11 is 0. The smallest absolute Gasteiger partial charge is 0.295 e. The second-order valence-corrected chi connectivity index (χ2v) is 7.91. The van der Waals surface area contributed by atoms with Crippen LogP contribution in [0, 0.1) is 5.92 Å². The number of aryl methyl sites for hydroxylation is 1. The molecule has 0 radical (unpaired) electrons. The Hall–Kier alpha value is -2.78. The van der Waals surface area contributed by atoms with Crippen molar-refractivity contribution < 1.29 is 9.47 Å². The number of rotatable bonds is 9. The molecule has 3 aromatic rings. The number of anilines is 1. The van der Waals surface area contributed by atoms with Crippen molar-refractivity contribution >= 4 is 17.0 Å². The SMILES string of the molecule is CCCOCCn1c(=O)c(NCC2CCOCC2)nc2ccc(-c3cnn(C)c3)nc21. The average Bonchev–Trinajstić information content (AvgIpc) is 3.23. The molecule has 0 atom stereocenters. The van der Waals surface area contributed by atoms with Crippen molar-refractivity contribution in [1.82, 2.24) is 24.3 Å². The maximum absolute atomic E-state index is 13.3. The predicted octanol–water partition coefficient (Wildman–Crippen LogP) is 2.46. The summed E-state index contributed by atoms with van der Waals surface area (Å²) in [6, 6.07) is 3.82. The van der Waals surface area contributed by atoms with E-state index in [9.17, 15) is 4.79 Å². The van der Waals surface area contributed by atoms with Crippen molar-refractivity contribution in [2.75, 3.05) is 38.3 Å². The molecule has 3 aromatic heterocycles. The molecule has 4 heterocycles. The minimum atomic E-state index is -0.171. The highest BCUT2D eigenvalue weighted by Crippen LogP contribution is 2.20. The van der Waals surface area contributed by atoms with Crippen LogP contribution in [0.15, 0.2) is 29.3 Å². The Kier molecular flexibility index (Phi) is 6.93. The normalized spacial score (nSPS) is 14.9. The van der Waals surface area contributed by atoms with E-state index in [2.05, 4.69) is 22.3 Å². The molecule has 1 saturated heterocycles. The number of hydrogen-bond donors (Lipinski definition) is 1. The van der Waals surface area contributed by atoms with Gasteiger partial charge in [-0.3, -0.25) is 14.0 Å². The first-order chi connectivity index (χ1) is 15.2. The van der Waals surface area contributed by atoms with Crippen molar-refractivity contribution in [3.63, 3.8) is 0 Å². The van der Waals surface area contributed by atoms with Crippen LogP contribution >= 0.6 is 0 Å². The molecule has 0 saturated carbocycles. The lowest BCUT2D eigenvalue weighted by molar-refractivity contribution is 0.0699. The zero-order chi connectivity index (χ0) is 21.6. The predicted molar refractivity (Wildman–Crippen MR) is 119 cm³/mol. The number of fused-ring (bicyclic) bond motifs is 1. The lowest BCUT2D eigenvalue weighted by Gasteiger charge is -2.22. The number of hydrogen-bond acceptors (Lipinski definition) is 7. The van der Waals surface area contributed by atoms with Crippen LogP contribution in [0.3, 0.4) is 0 Å². The average molecular weight is 427 g/mol. The van der Waals surface area contributed by atoms with E-state index in [4.69, 9.17) is 14.5 Å². The summed E-state index contributed by atoms with van der Waals surface area (Å²) in [7, 11) is 1.86. The van der Waals surface area contributed by atoms with Gasteiger partial charge in [-0.1, -0.05) is 6.92 Å². The Balaban J connectivity index is 1.66. The first-order valence-electron chi connectivity index (χ1n) is 11.0. The minimum Gasteiger partial charge on any atom is -0.381 e. The largest absolute Gasteiger partial charge is 0.381 e. The summed E-state index contributed by atoms with van der Waals surface area (Å²) in [6.07, 6.45) is 6.59. The molecule has 0 spiro atoms. The maximum atomic E-state index is 13.3. The van der Waals surface area contributed by atoms with Crippen molar-refractivity contribution in [3.05, 3.63) is 34.9 Å². The highest BCUT2D eigenvalue weighted by Gasteiger charge is 2.17. The van der Waals surface area contributed by atoms with Crippen LogP contribution in [0.5, 0.6) is 0 Å². The van der Waals surface area contributed by atoms with Crippen LogP contribution in [0.4, 0.5) is 5.82 Å². The molecule has 0 unspecified atom stereocenters. The van der Waals surface area contributed by atoms with Gasteiger partial charge < -0.3 is 14.8 Å². The number of nitrogens with zero attached hydrogens (tertiary/aromatic N) is 5. The van der Waals surface area contributed by atoms with Gasteiger partial charge in [0.15, 0.2) is 11.5 Å². The number of nitrogens with one attached hydrogen (secondary N) is 1. The Morgan fingerprint density at radius 1 is 1.23 bits per heavy atom. The molecule has 0 aliphatic carbocycles. The Morgan fingerprint density at radius 2 is 2.06 bits per heavy atom. The molecular weight excluding hydrogens is 396 g/mol. The third kappa shape index (κ3) is 5.11. The Labute approximate surface area is 181 Å². The fourth-order valence-electron chi connectivity index (χ4n) is 3.75. The Morgan fingerprint density at radius 3 is 2.81 bits per heavy atom. The van der Waals surface area contributed by atoms with E-state index in [-0.39, 0.29) is 5.56 Å². The van der Waals surface area contributed by atoms with Crippen molar-refractivity contribution in [2.24, 2.45) is 13.0 Å². The van der Waals surface area contributed by atoms with Gasteiger partial charge in [-0.25, -0.2) is 9.97 Å². The van der Waals surface area contributed by atoms with Gasteiger partial charge in [-0.05, 0) is 37.3 Å². The maximum Gasteiger partial charge on any atom is 0.295 e. The fraction of sp³-hybridized carbons (Fsp3) is 0.545. The van der Waals surface area contributed by atoms with E-state index in [0.29, 0.717) is 49.2 Å². The van der Waals surface area contributed by atoms with Crippen LogP contribution < -0.4 is 10.9 Å². The van der Waals surface area contributed by atoms with Crippen LogP contribution in [0.2, 0.25) is 0 Å². The summed E-state index contributed by atoms with van der Waals surface area (Å²) in [6.45, 7) is 5.87. The molecular formula is C22H30N6O3. The first-order valence-corrected chi connectivity index (χ1v) is 11.0. The van der Waals surface area contributed by atoms with Gasteiger partial charge >= 0.3 is 0 Å². The molecule has 1 aliphatic heterocycles. The van der Waals surface area contributed by atoms with Gasteiger partial charge in [-0.2, -0.15) is 5.10 Å². The van der Waals surface area contributed by atoms with Gasteiger partial charge in [0.25, 0.3) is 5.56 Å². The Bertz CT molecular complexity index is 1070. The molecule has 0 aromatic carbocycles. The van der Waals surface area contributed by atoms with Gasteiger partial charge in [0.1, 0.15) is 5.52 Å². The van der Waals surface area contributed by atoms with E-state index in [1.807, 2.05) is 25.4 Å². The van der Waals surface area contributed by atoms with E-state index in [0.717, 1.165) is 43.7 Å². The zero-order valence-corrected chi connectivity index (χ0v) is 18.2. The van der Waals surface area contributed by atoms with Crippen molar-refractivity contribution in [1.29, 1.82) is 0 Å². The van der Waals surface area contributed by atoms with Crippen molar-refractivity contribution in [3.8, 4) is 11.3 Å². The molecule has 1 N–H and O–H groups in total. The molecule has 4 rings (SSSR count). The van der Waals surface area contributed by atoms with E-state index in [1.165, 1.54) is 0 Å². The van der Waals surface area contributed by atoms with Gasteiger partial charge in [0.05, 0.1) is 25.0 Å². The summed E-state index contributed by atoms with van der Waals surface area (Å²) in [4.78, 5) is 22.6. The molecule has 0 bridgehead atoms. The summed E-state index contributed by atoms with van der Waals surface area (Å²) < 4.78 is 14.5. The molecule has 31 heavy (non-hydrogen) atoms. The quantitative estimate of drug-likeness (QED) is 0.525. The van der Waals surface area contributed by atoms with Gasteiger partial charge in [-0.15, -0.1) is 0 Å². The van der Waals surface area contributed by atoms with Crippen LogP contribution in [-0.2, 0) is 23.1 Å². The molecule has 1 fully saturated rings. The molecule has 166 valence electrons. The standard InChI is InChI=1S/C22H30N6O3/c1-3-9-30-12-8-28-21-19(5-4-18(26-21)17-14-24-27(2)15-17)25-20(22(28)29)23-13-16-6-10-31-11-7-16/h4-5,14-16H,3,6-13H2,1-2H3,(H,23,25). The molecule has 1 aliphatic rings. The zero-order valence-electron chi connectivity index (χ0n) is 18.2. The van der Waals surface area contributed by atoms with Crippen LogP contribution in [-0.4, -0.2) is 57.3 Å². The van der Waals surface area contributed by atoms with E-state index in [1.54, 1.807) is 15.4 Å². The molecule has 9 heteroatoms. The fourth-order valence-corrected chi connectivity index (χ4v) is 3.75. The molecule has 0 amide bonds. The number of pyridine rings is 1. The van der Waals surface area contributed by atoms with Crippen molar-refractivity contribution in [2.45, 2.75) is 32.7 Å². The number of aromatic nitrogens is 5. The lowest BCUT2D eigenvalue weighted by atomic mass is 10.0. The highest BCUT2D eigenvalue weighted by molar-refractivity contribution is 5.76. The van der Waals surface area contributed by atoms with Gasteiger partial charge in [0.2, 0.25) is 0 Å². The number of ether oxygens (including phenoxy) is 2. The molecule has 9 nitrogen and oxygen atoms in total. The van der Waals surface area contributed by atoms with E-state index >= 15 is 0 Å². The summed E-state index contributed by atoms with van der Waals surface area (Å²) in [5, 5.41) is 7.50. The monoisotopic (exact) mass is 426 g/mol. The van der Waals surface area contributed by atoms with Crippen LogP contribution in [0.1, 0.15) is 26.2 Å². The second kappa shape index (κ2) is 10.0. The second-order valence-electron chi connectivity index (χ2n) is 7.91.